The lowest BCUT2D eigenvalue weighted by Crippen LogP contribution is -2.28. The SMILES string of the molecule is CCCNCC(=O)Nc1cc(Cl)cc(Cl)c1. The molecule has 0 spiro atoms. The summed E-state index contributed by atoms with van der Waals surface area (Å²) in [5, 5.41) is 6.73. The molecule has 5 heteroatoms. The quantitative estimate of drug-likeness (QED) is 0.800. The minimum atomic E-state index is -0.105. The van der Waals surface area contributed by atoms with Crippen molar-refractivity contribution < 1.29 is 4.79 Å². The van der Waals surface area contributed by atoms with Crippen LogP contribution in [0.5, 0.6) is 0 Å². The van der Waals surface area contributed by atoms with E-state index in [0.717, 1.165) is 13.0 Å². The molecule has 3 nitrogen and oxygen atoms in total. The molecule has 1 aromatic carbocycles. The Balaban J connectivity index is 2.49. The maximum atomic E-state index is 11.5. The summed E-state index contributed by atoms with van der Waals surface area (Å²) in [5.41, 5.74) is 0.612. The highest BCUT2D eigenvalue weighted by Crippen LogP contribution is 2.22. The van der Waals surface area contributed by atoms with Crippen LogP contribution in [0, 0.1) is 0 Å². The highest BCUT2D eigenvalue weighted by Gasteiger charge is 2.03. The molecule has 0 fully saturated rings. The minimum Gasteiger partial charge on any atom is -0.325 e. The first kappa shape index (κ1) is 13.3. The molecular formula is C11H14Cl2N2O. The third kappa shape index (κ3) is 4.84. The first-order valence-corrected chi connectivity index (χ1v) is 5.84. The summed E-state index contributed by atoms with van der Waals surface area (Å²) in [6, 6.07) is 4.93. The number of nitrogens with one attached hydrogen (secondary N) is 2. The summed E-state index contributed by atoms with van der Waals surface area (Å²) >= 11 is 11.6. The Kier molecular flexibility index (Phi) is 5.60. The number of halogens is 2. The topological polar surface area (TPSA) is 41.1 Å². The van der Waals surface area contributed by atoms with Crippen LogP contribution in [-0.2, 0) is 4.79 Å². The van der Waals surface area contributed by atoms with Crippen molar-refractivity contribution in [2.75, 3.05) is 18.4 Å². The van der Waals surface area contributed by atoms with Crippen molar-refractivity contribution >= 4 is 34.8 Å². The van der Waals surface area contributed by atoms with Crippen LogP contribution in [0.2, 0.25) is 10.0 Å². The zero-order valence-electron chi connectivity index (χ0n) is 9.02. The Morgan fingerprint density at radius 1 is 1.25 bits per heavy atom. The van der Waals surface area contributed by atoms with E-state index in [1.54, 1.807) is 18.2 Å². The predicted molar refractivity (Wildman–Crippen MR) is 68.3 cm³/mol. The molecule has 1 rings (SSSR count). The summed E-state index contributed by atoms with van der Waals surface area (Å²) in [6.07, 6.45) is 0.996. The molecule has 0 bridgehead atoms. The Hall–Kier alpha value is -0.770. The molecule has 0 saturated heterocycles. The fraction of sp³-hybridized carbons (Fsp3) is 0.364. The fourth-order valence-corrected chi connectivity index (χ4v) is 1.74. The minimum absolute atomic E-state index is 0.105. The Morgan fingerprint density at radius 2 is 1.88 bits per heavy atom. The van der Waals surface area contributed by atoms with Gasteiger partial charge in [0.2, 0.25) is 5.91 Å². The van der Waals surface area contributed by atoms with Gasteiger partial charge >= 0.3 is 0 Å². The zero-order chi connectivity index (χ0) is 12.0. The molecule has 1 aromatic rings. The molecule has 1 amide bonds. The van der Waals surface area contributed by atoms with Gasteiger partial charge in [-0.25, -0.2) is 0 Å². The second kappa shape index (κ2) is 6.74. The van der Waals surface area contributed by atoms with Crippen molar-refractivity contribution in [1.29, 1.82) is 0 Å². The lowest BCUT2D eigenvalue weighted by atomic mass is 10.3. The lowest BCUT2D eigenvalue weighted by Gasteiger charge is -2.06. The third-order valence-electron chi connectivity index (χ3n) is 1.86. The monoisotopic (exact) mass is 260 g/mol. The van der Waals surface area contributed by atoms with Crippen molar-refractivity contribution in [2.45, 2.75) is 13.3 Å². The first-order valence-electron chi connectivity index (χ1n) is 5.08. The molecule has 16 heavy (non-hydrogen) atoms. The molecular weight excluding hydrogens is 247 g/mol. The van der Waals surface area contributed by atoms with Crippen molar-refractivity contribution in [3.05, 3.63) is 28.2 Å². The van der Waals surface area contributed by atoms with Crippen LogP contribution in [0.25, 0.3) is 0 Å². The Bertz CT molecular complexity index is 349. The number of anilines is 1. The van der Waals surface area contributed by atoms with Crippen LogP contribution in [0.4, 0.5) is 5.69 Å². The van der Waals surface area contributed by atoms with Crippen LogP contribution in [0.3, 0.4) is 0 Å². The standard InChI is InChI=1S/C11H14Cl2N2O/c1-2-3-14-7-11(16)15-10-5-8(12)4-9(13)6-10/h4-6,14H,2-3,7H2,1H3,(H,15,16). The number of carbonyl (C=O) groups is 1. The molecule has 2 N–H and O–H groups in total. The predicted octanol–water partition coefficient (Wildman–Crippen LogP) is 2.93. The van der Waals surface area contributed by atoms with Gasteiger partial charge in [-0.3, -0.25) is 4.79 Å². The van der Waals surface area contributed by atoms with Crippen LogP contribution in [0.1, 0.15) is 13.3 Å². The lowest BCUT2D eigenvalue weighted by molar-refractivity contribution is -0.115. The first-order chi connectivity index (χ1) is 7.61. The summed E-state index contributed by atoms with van der Waals surface area (Å²) in [6.45, 7) is 3.16. The van der Waals surface area contributed by atoms with Gasteiger partial charge in [-0.1, -0.05) is 30.1 Å². The summed E-state index contributed by atoms with van der Waals surface area (Å²) in [7, 11) is 0. The smallest absolute Gasteiger partial charge is 0.238 e. The van der Waals surface area contributed by atoms with Gasteiger partial charge in [0.05, 0.1) is 6.54 Å². The second-order valence-corrected chi connectivity index (χ2v) is 4.26. The van der Waals surface area contributed by atoms with Crippen molar-refractivity contribution in [3.8, 4) is 0 Å². The van der Waals surface area contributed by atoms with Gasteiger partial charge in [0.1, 0.15) is 0 Å². The highest BCUT2D eigenvalue weighted by molar-refractivity contribution is 6.35. The van der Waals surface area contributed by atoms with E-state index < -0.39 is 0 Å². The van der Waals surface area contributed by atoms with Crippen LogP contribution in [0.15, 0.2) is 18.2 Å². The Morgan fingerprint density at radius 3 is 2.44 bits per heavy atom. The van der Waals surface area contributed by atoms with Gasteiger partial charge < -0.3 is 10.6 Å². The normalized spacial score (nSPS) is 10.2. The van der Waals surface area contributed by atoms with Gasteiger partial charge in [-0.05, 0) is 31.2 Å². The maximum Gasteiger partial charge on any atom is 0.238 e. The number of amides is 1. The van der Waals surface area contributed by atoms with Gasteiger partial charge in [-0.15, -0.1) is 0 Å². The molecule has 0 aliphatic heterocycles. The summed E-state index contributed by atoms with van der Waals surface area (Å²) in [4.78, 5) is 11.5. The van der Waals surface area contributed by atoms with E-state index in [1.807, 2.05) is 6.92 Å². The van der Waals surface area contributed by atoms with Crippen LogP contribution in [-0.4, -0.2) is 19.0 Å². The van der Waals surface area contributed by atoms with Gasteiger partial charge in [0.15, 0.2) is 0 Å². The van der Waals surface area contributed by atoms with E-state index in [1.165, 1.54) is 0 Å². The molecule has 0 aromatic heterocycles. The largest absolute Gasteiger partial charge is 0.325 e. The van der Waals surface area contributed by atoms with Crippen LogP contribution < -0.4 is 10.6 Å². The van der Waals surface area contributed by atoms with E-state index in [4.69, 9.17) is 23.2 Å². The molecule has 0 unspecified atom stereocenters. The van der Waals surface area contributed by atoms with E-state index in [-0.39, 0.29) is 12.5 Å². The molecule has 0 radical (unpaired) electrons. The van der Waals surface area contributed by atoms with Gasteiger partial charge in [0.25, 0.3) is 0 Å². The van der Waals surface area contributed by atoms with Crippen molar-refractivity contribution in [3.63, 3.8) is 0 Å². The average molecular weight is 261 g/mol. The number of carbonyl (C=O) groups excluding carboxylic acids is 1. The molecule has 0 saturated carbocycles. The van der Waals surface area contributed by atoms with E-state index in [2.05, 4.69) is 10.6 Å². The summed E-state index contributed by atoms with van der Waals surface area (Å²) < 4.78 is 0. The van der Waals surface area contributed by atoms with E-state index >= 15 is 0 Å². The fourth-order valence-electron chi connectivity index (χ4n) is 1.21. The second-order valence-electron chi connectivity index (χ2n) is 3.38. The molecule has 0 aliphatic rings. The molecule has 0 heterocycles. The van der Waals surface area contributed by atoms with Crippen molar-refractivity contribution in [2.24, 2.45) is 0 Å². The third-order valence-corrected chi connectivity index (χ3v) is 2.30. The van der Waals surface area contributed by atoms with E-state index in [9.17, 15) is 4.79 Å². The molecule has 88 valence electrons. The van der Waals surface area contributed by atoms with Crippen LogP contribution >= 0.6 is 23.2 Å². The van der Waals surface area contributed by atoms with Gasteiger partial charge in [0, 0.05) is 15.7 Å². The van der Waals surface area contributed by atoms with Crippen molar-refractivity contribution in [1.82, 2.24) is 5.32 Å². The maximum absolute atomic E-state index is 11.5. The number of hydrogen-bond acceptors (Lipinski definition) is 2. The Labute approximate surface area is 105 Å². The van der Waals surface area contributed by atoms with Gasteiger partial charge in [-0.2, -0.15) is 0 Å². The number of benzene rings is 1. The molecule has 0 atom stereocenters. The zero-order valence-corrected chi connectivity index (χ0v) is 10.5. The highest BCUT2D eigenvalue weighted by atomic mass is 35.5. The van der Waals surface area contributed by atoms with E-state index in [0.29, 0.717) is 15.7 Å². The number of hydrogen-bond donors (Lipinski definition) is 2. The average Bonchev–Trinajstić information content (AvgIpc) is 2.16. The molecule has 0 aliphatic carbocycles. The summed E-state index contributed by atoms with van der Waals surface area (Å²) in [5.74, 6) is -0.105. The number of rotatable bonds is 5.